The van der Waals surface area contributed by atoms with E-state index in [2.05, 4.69) is 15.7 Å². The van der Waals surface area contributed by atoms with Crippen LogP contribution in [-0.4, -0.2) is 26.9 Å². The van der Waals surface area contributed by atoms with Crippen LogP contribution in [0.5, 0.6) is 0 Å². The van der Waals surface area contributed by atoms with Gasteiger partial charge in [0.15, 0.2) is 0 Å². The van der Waals surface area contributed by atoms with Gasteiger partial charge in [-0.3, -0.25) is 4.57 Å². The summed E-state index contributed by atoms with van der Waals surface area (Å²) in [5.41, 5.74) is 0.635. The first-order valence-electron chi connectivity index (χ1n) is 8.56. The molecule has 3 rings (SSSR count). The number of fused-ring (bicyclic) bond motifs is 1. The molecule has 2 N–H and O–H groups in total. The number of carbonyl (C=O) groups excluding carboxylic acids is 1. The van der Waals surface area contributed by atoms with Gasteiger partial charge in [-0.1, -0.05) is 12.1 Å². The number of urea groups is 1. The standard InChI is InChI=1S/C17H22FN5O2/c18-14-6-3-5-13(11-14)12-20-16(24)19-8-4-10-23-17(25)22-9-2-1-7-15(22)21-23/h3,5-6,11H,1-2,4,7-10,12H2,(H2,19,20,24). The molecular formula is C17H22FN5O2. The molecule has 1 aliphatic rings. The Labute approximate surface area is 144 Å². The van der Waals surface area contributed by atoms with Gasteiger partial charge >= 0.3 is 11.7 Å². The number of nitrogens with zero attached hydrogens (tertiary/aromatic N) is 3. The molecule has 0 radical (unpaired) electrons. The van der Waals surface area contributed by atoms with Gasteiger partial charge in [-0.15, -0.1) is 0 Å². The fourth-order valence-corrected chi connectivity index (χ4v) is 2.92. The molecule has 2 aromatic rings. The second-order valence-corrected chi connectivity index (χ2v) is 6.12. The summed E-state index contributed by atoms with van der Waals surface area (Å²) < 4.78 is 16.3. The Hall–Kier alpha value is -2.64. The van der Waals surface area contributed by atoms with E-state index in [0.717, 1.165) is 31.6 Å². The average Bonchev–Trinajstić information content (AvgIpc) is 2.93. The van der Waals surface area contributed by atoms with Gasteiger partial charge in [-0.2, -0.15) is 5.10 Å². The van der Waals surface area contributed by atoms with E-state index in [1.807, 2.05) is 0 Å². The smallest absolute Gasteiger partial charge is 0.338 e. The van der Waals surface area contributed by atoms with Crippen LogP contribution < -0.4 is 16.3 Å². The molecule has 8 heteroatoms. The van der Waals surface area contributed by atoms with Crippen LogP contribution in [-0.2, 0) is 26.1 Å². The Kier molecular flexibility index (Phi) is 5.47. The molecule has 0 bridgehead atoms. The second kappa shape index (κ2) is 7.96. The predicted octanol–water partition coefficient (Wildman–Crippen LogP) is 1.41. The van der Waals surface area contributed by atoms with E-state index in [1.165, 1.54) is 16.8 Å². The van der Waals surface area contributed by atoms with E-state index < -0.39 is 0 Å². The Morgan fingerprint density at radius 3 is 2.96 bits per heavy atom. The molecule has 2 heterocycles. The van der Waals surface area contributed by atoms with Crippen molar-refractivity contribution in [3.05, 3.63) is 52.0 Å². The molecule has 1 aromatic carbocycles. The maximum absolute atomic E-state index is 13.1. The maximum atomic E-state index is 13.1. The zero-order valence-electron chi connectivity index (χ0n) is 14.0. The van der Waals surface area contributed by atoms with Crippen molar-refractivity contribution in [2.75, 3.05) is 6.54 Å². The van der Waals surface area contributed by atoms with Crippen LogP contribution in [0.3, 0.4) is 0 Å². The summed E-state index contributed by atoms with van der Waals surface area (Å²) >= 11 is 0. The lowest BCUT2D eigenvalue weighted by Gasteiger charge is -2.09. The Morgan fingerprint density at radius 1 is 1.28 bits per heavy atom. The Balaban J connectivity index is 1.39. The fraction of sp³-hybridized carbons (Fsp3) is 0.471. The second-order valence-electron chi connectivity index (χ2n) is 6.12. The topological polar surface area (TPSA) is 81.0 Å². The van der Waals surface area contributed by atoms with E-state index in [-0.39, 0.29) is 24.1 Å². The third-order valence-electron chi connectivity index (χ3n) is 4.21. The Bertz CT molecular complexity index is 799. The largest absolute Gasteiger partial charge is 0.345 e. The van der Waals surface area contributed by atoms with Gasteiger partial charge in [0, 0.05) is 32.6 Å². The minimum atomic E-state index is -0.326. The third kappa shape index (κ3) is 4.46. The number of hydrogen-bond acceptors (Lipinski definition) is 3. The summed E-state index contributed by atoms with van der Waals surface area (Å²) in [7, 11) is 0. The maximum Gasteiger partial charge on any atom is 0.345 e. The highest BCUT2D eigenvalue weighted by atomic mass is 19.1. The third-order valence-corrected chi connectivity index (χ3v) is 4.21. The van der Waals surface area contributed by atoms with Gasteiger partial charge in [-0.25, -0.2) is 18.7 Å². The molecule has 2 amide bonds. The minimum absolute atomic E-state index is 0.0646. The number of benzene rings is 1. The molecule has 25 heavy (non-hydrogen) atoms. The van der Waals surface area contributed by atoms with Crippen LogP contribution in [0.25, 0.3) is 0 Å². The van der Waals surface area contributed by atoms with Crippen LogP contribution in [0.1, 0.15) is 30.7 Å². The van der Waals surface area contributed by atoms with E-state index in [1.54, 1.807) is 16.7 Å². The monoisotopic (exact) mass is 347 g/mol. The lowest BCUT2D eigenvalue weighted by atomic mass is 10.2. The molecule has 0 spiro atoms. The van der Waals surface area contributed by atoms with Crippen molar-refractivity contribution in [2.24, 2.45) is 0 Å². The summed E-state index contributed by atoms with van der Waals surface area (Å²) in [5, 5.41) is 9.75. The van der Waals surface area contributed by atoms with Crippen LogP contribution in [0, 0.1) is 5.82 Å². The number of amides is 2. The summed E-state index contributed by atoms with van der Waals surface area (Å²) in [4.78, 5) is 23.9. The summed E-state index contributed by atoms with van der Waals surface area (Å²) in [6.07, 6.45) is 3.56. The summed E-state index contributed by atoms with van der Waals surface area (Å²) in [6.45, 7) is 1.92. The van der Waals surface area contributed by atoms with Gasteiger partial charge in [0.25, 0.3) is 0 Å². The molecule has 0 unspecified atom stereocenters. The van der Waals surface area contributed by atoms with Crippen LogP contribution in [0.4, 0.5) is 9.18 Å². The molecule has 1 aliphatic heterocycles. The predicted molar refractivity (Wildman–Crippen MR) is 90.7 cm³/mol. The van der Waals surface area contributed by atoms with Crippen molar-refractivity contribution in [1.29, 1.82) is 0 Å². The molecule has 0 saturated heterocycles. The molecule has 7 nitrogen and oxygen atoms in total. The number of carbonyl (C=O) groups is 1. The molecular weight excluding hydrogens is 325 g/mol. The summed E-state index contributed by atoms with van der Waals surface area (Å²) in [5.74, 6) is 0.532. The van der Waals surface area contributed by atoms with Crippen molar-refractivity contribution in [2.45, 2.75) is 45.3 Å². The molecule has 134 valence electrons. The van der Waals surface area contributed by atoms with Crippen LogP contribution in [0.15, 0.2) is 29.1 Å². The van der Waals surface area contributed by atoms with Crippen molar-refractivity contribution < 1.29 is 9.18 Å². The molecule has 0 atom stereocenters. The number of halogens is 1. The van der Waals surface area contributed by atoms with Crippen molar-refractivity contribution in [3.63, 3.8) is 0 Å². The fourth-order valence-electron chi connectivity index (χ4n) is 2.92. The Morgan fingerprint density at radius 2 is 2.16 bits per heavy atom. The number of hydrogen-bond donors (Lipinski definition) is 2. The first-order chi connectivity index (χ1) is 12.1. The highest BCUT2D eigenvalue weighted by molar-refractivity contribution is 5.73. The zero-order chi connectivity index (χ0) is 17.6. The zero-order valence-corrected chi connectivity index (χ0v) is 14.0. The van der Waals surface area contributed by atoms with Gasteiger partial charge in [0.2, 0.25) is 0 Å². The van der Waals surface area contributed by atoms with Crippen LogP contribution >= 0.6 is 0 Å². The lowest BCUT2D eigenvalue weighted by Crippen LogP contribution is -2.36. The normalized spacial score (nSPS) is 13.3. The molecule has 0 saturated carbocycles. The van der Waals surface area contributed by atoms with Crippen LogP contribution in [0.2, 0.25) is 0 Å². The highest BCUT2D eigenvalue weighted by Gasteiger charge is 2.16. The van der Waals surface area contributed by atoms with E-state index >= 15 is 0 Å². The van der Waals surface area contributed by atoms with E-state index in [0.29, 0.717) is 25.1 Å². The van der Waals surface area contributed by atoms with Crippen molar-refractivity contribution >= 4 is 6.03 Å². The van der Waals surface area contributed by atoms with Gasteiger partial charge in [0.05, 0.1) is 0 Å². The average molecular weight is 347 g/mol. The van der Waals surface area contributed by atoms with Gasteiger partial charge < -0.3 is 10.6 Å². The van der Waals surface area contributed by atoms with Gasteiger partial charge in [0.1, 0.15) is 11.6 Å². The molecule has 1 aromatic heterocycles. The van der Waals surface area contributed by atoms with Gasteiger partial charge in [-0.05, 0) is 37.0 Å². The molecule has 0 aliphatic carbocycles. The number of aromatic nitrogens is 3. The van der Waals surface area contributed by atoms with Crippen molar-refractivity contribution in [1.82, 2.24) is 25.0 Å². The first-order valence-corrected chi connectivity index (χ1v) is 8.56. The number of rotatable bonds is 6. The minimum Gasteiger partial charge on any atom is -0.338 e. The summed E-state index contributed by atoms with van der Waals surface area (Å²) in [6, 6.07) is 5.77. The first kappa shape index (κ1) is 17.2. The number of nitrogens with one attached hydrogen (secondary N) is 2. The number of aryl methyl sites for hydroxylation is 2. The van der Waals surface area contributed by atoms with Crippen molar-refractivity contribution in [3.8, 4) is 0 Å². The quantitative estimate of drug-likeness (QED) is 0.775. The lowest BCUT2D eigenvalue weighted by molar-refractivity contribution is 0.240. The SMILES string of the molecule is O=C(NCCCn1nc2n(c1=O)CCCC2)NCc1cccc(F)c1. The van der Waals surface area contributed by atoms with E-state index in [4.69, 9.17) is 0 Å². The highest BCUT2D eigenvalue weighted by Crippen LogP contribution is 2.09. The molecule has 0 fully saturated rings. The van der Waals surface area contributed by atoms with E-state index in [9.17, 15) is 14.0 Å².